The third kappa shape index (κ3) is 5.62. The average Bonchev–Trinajstić information content (AvgIpc) is 2.93. The van der Waals surface area contributed by atoms with Crippen molar-refractivity contribution in [3.8, 4) is 11.5 Å². The molecule has 0 spiro atoms. The predicted octanol–water partition coefficient (Wildman–Crippen LogP) is 5.81. The quantitative estimate of drug-likeness (QED) is 0.329. The van der Waals surface area contributed by atoms with Crippen molar-refractivity contribution in [2.45, 2.75) is 45.2 Å². The van der Waals surface area contributed by atoms with Crippen LogP contribution in [0.5, 0.6) is 11.5 Å². The molecule has 3 heterocycles. The highest BCUT2D eigenvalue weighted by molar-refractivity contribution is 5.93. The number of amides is 2. The summed E-state index contributed by atoms with van der Waals surface area (Å²) in [5, 5.41) is 9.17. The van der Waals surface area contributed by atoms with Crippen molar-refractivity contribution in [3.05, 3.63) is 77.6 Å². The van der Waals surface area contributed by atoms with Crippen LogP contribution in [0.2, 0.25) is 0 Å². The zero-order valence-corrected chi connectivity index (χ0v) is 22.5. The largest absolute Gasteiger partial charge is 0.511 e. The minimum absolute atomic E-state index is 0.0104. The Balaban J connectivity index is 1.49. The Hall–Kier alpha value is -4.27. The van der Waals surface area contributed by atoms with Crippen molar-refractivity contribution < 1.29 is 24.2 Å². The number of benzene rings is 2. The second kappa shape index (κ2) is 11.2. The van der Waals surface area contributed by atoms with Gasteiger partial charge in [-0.05, 0) is 68.7 Å². The number of pyridine rings is 1. The van der Waals surface area contributed by atoms with Gasteiger partial charge in [0.1, 0.15) is 11.5 Å². The SMILES string of the molecule is Cc1ccc(N(C)C(=O)N(C2CCN(c3ccncc3)CC2)C2CCOc3ccc(OC(=O)O)cc32)c(C)c1. The molecule has 39 heavy (non-hydrogen) atoms. The second-order valence-electron chi connectivity index (χ2n) is 10.2. The highest BCUT2D eigenvalue weighted by atomic mass is 16.7. The molecule has 1 atom stereocenters. The first-order valence-corrected chi connectivity index (χ1v) is 13.3. The first kappa shape index (κ1) is 26.3. The summed E-state index contributed by atoms with van der Waals surface area (Å²) >= 11 is 0. The van der Waals surface area contributed by atoms with Crippen LogP contribution in [0.4, 0.5) is 21.0 Å². The number of piperidine rings is 1. The molecule has 3 aromatic rings. The zero-order chi connectivity index (χ0) is 27.5. The molecule has 2 aliphatic heterocycles. The van der Waals surface area contributed by atoms with Gasteiger partial charge in [-0.3, -0.25) is 9.88 Å². The van der Waals surface area contributed by atoms with E-state index < -0.39 is 6.16 Å². The lowest BCUT2D eigenvalue weighted by Crippen LogP contribution is -2.53. The van der Waals surface area contributed by atoms with Crippen molar-refractivity contribution in [2.24, 2.45) is 0 Å². The number of carboxylic acid groups (broad SMARTS) is 1. The summed E-state index contributed by atoms with van der Waals surface area (Å²) in [4.78, 5) is 35.8. The van der Waals surface area contributed by atoms with E-state index in [0.717, 1.165) is 54.0 Å². The van der Waals surface area contributed by atoms with E-state index in [9.17, 15) is 9.59 Å². The van der Waals surface area contributed by atoms with Crippen molar-refractivity contribution in [3.63, 3.8) is 0 Å². The van der Waals surface area contributed by atoms with Gasteiger partial charge in [0, 0.05) is 61.9 Å². The van der Waals surface area contributed by atoms with Crippen LogP contribution in [-0.2, 0) is 0 Å². The highest BCUT2D eigenvalue weighted by Crippen LogP contribution is 2.41. The summed E-state index contributed by atoms with van der Waals surface area (Å²) in [6.45, 7) is 6.14. The molecule has 2 amide bonds. The fourth-order valence-electron chi connectivity index (χ4n) is 5.77. The number of ether oxygens (including phenoxy) is 2. The normalized spacial score (nSPS) is 17.1. The van der Waals surface area contributed by atoms with E-state index in [1.807, 2.05) is 50.1 Å². The van der Waals surface area contributed by atoms with Crippen molar-refractivity contribution >= 4 is 23.6 Å². The molecule has 2 aromatic carbocycles. The Bertz CT molecular complexity index is 1340. The van der Waals surface area contributed by atoms with E-state index in [1.165, 1.54) is 0 Å². The molecular formula is C30H34N4O5. The Kier molecular flexibility index (Phi) is 7.58. The van der Waals surface area contributed by atoms with Crippen LogP contribution in [0.15, 0.2) is 60.9 Å². The first-order valence-electron chi connectivity index (χ1n) is 13.3. The van der Waals surface area contributed by atoms with Gasteiger partial charge in [-0.1, -0.05) is 17.7 Å². The van der Waals surface area contributed by atoms with Crippen molar-refractivity contribution in [2.75, 3.05) is 36.5 Å². The zero-order valence-electron chi connectivity index (χ0n) is 22.5. The Morgan fingerprint density at radius 3 is 2.46 bits per heavy atom. The molecule has 1 saturated heterocycles. The standard InChI is InChI=1S/C30H34N4O5/c1-20-4-6-26(21(2)18-20)32(3)29(35)34(23-10-15-33(16-11-23)22-8-13-31-14-9-22)27-12-17-38-28-7-5-24(19-25(27)28)39-30(36)37/h4-9,13-14,18-19,23,27H,10-12,15-17H2,1-3H3,(H,36,37). The molecule has 1 aromatic heterocycles. The van der Waals surface area contributed by atoms with Crippen LogP contribution < -0.4 is 19.3 Å². The maximum Gasteiger partial charge on any atom is 0.511 e. The van der Waals surface area contributed by atoms with Crippen molar-refractivity contribution in [1.29, 1.82) is 0 Å². The number of carbonyl (C=O) groups is 2. The summed E-state index contributed by atoms with van der Waals surface area (Å²) in [7, 11) is 1.82. The number of fused-ring (bicyclic) bond motifs is 1. The molecule has 0 bridgehead atoms. The smallest absolute Gasteiger partial charge is 0.493 e. The molecule has 204 valence electrons. The van der Waals surface area contributed by atoms with E-state index in [2.05, 4.69) is 16.0 Å². The number of anilines is 2. The van der Waals surface area contributed by atoms with Crippen LogP contribution in [0, 0.1) is 13.8 Å². The molecule has 0 radical (unpaired) electrons. The second-order valence-corrected chi connectivity index (χ2v) is 10.2. The van der Waals surface area contributed by atoms with Crippen LogP contribution >= 0.6 is 0 Å². The topological polar surface area (TPSA) is 95.4 Å². The minimum Gasteiger partial charge on any atom is -0.493 e. The van der Waals surface area contributed by atoms with Gasteiger partial charge in [-0.2, -0.15) is 0 Å². The van der Waals surface area contributed by atoms with Gasteiger partial charge >= 0.3 is 12.2 Å². The van der Waals surface area contributed by atoms with Gasteiger partial charge in [0.15, 0.2) is 0 Å². The molecule has 2 aliphatic rings. The maximum absolute atomic E-state index is 14.4. The van der Waals surface area contributed by atoms with Crippen LogP contribution in [0.25, 0.3) is 0 Å². The first-order chi connectivity index (χ1) is 18.8. The third-order valence-corrected chi connectivity index (χ3v) is 7.64. The lowest BCUT2D eigenvalue weighted by Gasteiger charge is -2.45. The van der Waals surface area contributed by atoms with Gasteiger partial charge in [0.05, 0.1) is 12.6 Å². The molecule has 0 aliphatic carbocycles. The number of aromatic nitrogens is 1. The average molecular weight is 531 g/mol. The number of hydrogen-bond donors (Lipinski definition) is 1. The van der Waals surface area contributed by atoms with E-state index >= 15 is 0 Å². The van der Waals surface area contributed by atoms with Gasteiger partial charge in [0.2, 0.25) is 0 Å². The Labute approximate surface area is 228 Å². The number of hydrogen-bond acceptors (Lipinski definition) is 6. The lowest BCUT2D eigenvalue weighted by atomic mass is 9.94. The molecule has 1 fully saturated rings. The molecule has 5 rings (SSSR count). The Morgan fingerprint density at radius 2 is 1.77 bits per heavy atom. The van der Waals surface area contributed by atoms with E-state index in [4.69, 9.17) is 14.6 Å². The number of rotatable bonds is 5. The summed E-state index contributed by atoms with van der Waals surface area (Å²) in [5.74, 6) is 0.851. The third-order valence-electron chi connectivity index (χ3n) is 7.64. The molecule has 9 heteroatoms. The van der Waals surface area contributed by atoms with Gasteiger partial charge in [-0.15, -0.1) is 0 Å². The number of carbonyl (C=O) groups excluding carboxylic acids is 1. The molecular weight excluding hydrogens is 496 g/mol. The van der Waals surface area contributed by atoms with Gasteiger partial charge in [0.25, 0.3) is 0 Å². The highest BCUT2D eigenvalue weighted by Gasteiger charge is 2.39. The summed E-state index contributed by atoms with van der Waals surface area (Å²) < 4.78 is 10.9. The Morgan fingerprint density at radius 1 is 1.03 bits per heavy atom. The van der Waals surface area contributed by atoms with Crippen molar-refractivity contribution in [1.82, 2.24) is 9.88 Å². The fraction of sp³-hybridized carbons (Fsp3) is 0.367. The minimum atomic E-state index is -1.38. The van der Waals surface area contributed by atoms with E-state index in [-0.39, 0.29) is 23.9 Å². The van der Waals surface area contributed by atoms with Crippen LogP contribution in [0.1, 0.15) is 42.0 Å². The summed E-state index contributed by atoms with van der Waals surface area (Å²) in [6.07, 6.45) is 4.41. The van der Waals surface area contributed by atoms with Gasteiger partial charge < -0.3 is 24.4 Å². The predicted molar refractivity (Wildman–Crippen MR) is 149 cm³/mol. The van der Waals surface area contributed by atoms with Crippen LogP contribution in [-0.4, -0.2) is 60.0 Å². The number of aryl methyl sites for hydroxylation is 2. The van der Waals surface area contributed by atoms with E-state index in [1.54, 1.807) is 35.5 Å². The molecule has 9 nitrogen and oxygen atoms in total. The number of urea groups is 1. The van der Waals surface area contributed by atoms with Crippen LogP contribution in [0.3, 0.4) is 0 Å². The molecule has 1 unspecified atom stereocenters. The number of nitrogens with zero attached hydrogens (tertiary/aromatic N) is 4. The molecule has 0 saturated carbocycles. The fourth-order valence-corrected chi connectivity index (χ4v) is 5.77. The maximum atomic E-state index is 14.4. The molecule has 1 N–H and O–H groups in total. The lowest BCUT2D eigenvalue weighted by molar-refractivity contribution is 0.109. The van der Waals surface area contributed by atoms with Gasteiger partial charge in [-0.25, -0.2) is 9.59 Å². The summed E-state index contributed by atoms with van der Waals surface area (Å²) in [6, 6.07) is 14.7. The monoisotopic (exact) mass is 530 g/mol. The summed E-state index contributed by atoms with van der Waals surface area (Å²) in [5.41, 5.74) is 4.92. The van der Waals surface area contributed by atoms with E-state index in [0.29, 0.717) is 18.8 Å².